The smallest absolute Gasteiger partial charge is 0.164 e. The molecule has 1 saturated carbocycles. The molecule has 2 aromatic rings. The highest BCUT2D eigenvalue weighted by Gasteiger charge is 2.24. The highest BCUT2D eigenvalue weighted by atomic mass is 35.5. The molecule has 0 aromatic carbocycles. The third kappa shape index (κ3) is 5.52. The third-order valence-electron chi connectivity index (χ3n) is 4.46. The Kier molecular flexibility index (Phi) is 6.69. The minimum absolute atomic E-state index is 0.224. The summed E-state index contributed by atoms with van der Waals surface area (Å²) in [5.41, 5.74) is 12.4. The zero-order valence-electron chi connectivity index (χ0n) is 16.0. The molecule has 2 unspecified atom stereocenters. The molecule has 0 spiro atoms. The van der Waals surface area contributed by atoms with Crippen molar-refractivity contribution in [1.82, 2.24) is 15.0 Å². The van der Waals surface area contributed by atoms with E-state index in [1.165, 1.54) is 12.8 Å². The molecule has 4 rings (SSSR count). The van der Waals surface area contributed by atoms with E-state index in [1.54, 1.807) is 24.5 Å². The van der Waals surface area contributed by atoms with E-state index in [9.17, 15) is 4.21 Å². The summed E-state index contributed by atoms with van der Waals surface area (Å²) in [4.78, 5) is 15.0. The number of nitrogen functional groups attached to an aromatic ring is 2. The molecule has 4 N–H and O–H groups in total. The van der Waals surface area contributed by atoms with E-state index in [0.717, 1.165) is 12.4 Å². The van der Waals surface area contributed by atoms with Crippen molar-refractivity contribution in [2.75, 3.05) is 42.4 Å². The van der Waals surface area contributed by atoms with Crippen LogP contribution in [0.15, 0.2) is 18.2 Å². The molecule has 152 valence electrons. The van der Waals surface area contributed by atoms with Crippen LogP contribution in [0.3, 0.4) is 0 Å². The number of ether oxygens (including phenoxy) is 1. The Balaban J connectivity index is 0.000000320. The summed E-state index contributed by atoms with van der Waals surface area (Å²) in [6, 6.07) is 5.33. The van der Waals surface area contributed by atoms with Crippen LogP contribution in [0, 0.1) is 0 Å². The lowest BCUT2D eigenvalue weighted by atomic mass is 10.2. The van der Waals surface area contributed by atoms with E-state index < -0.39 is 10.8 Å². The molecule has 10 heteroatoms. The van der Waals surface area contributed by atoms with E-state index in [-0.39, 0.29) is 6.04 Å². The number of hydrogen-bond acceptors (Lipinski definition) is 8. The average Bonchev–Trinajstić information content (AvgIpc) is 3.46. The van der Waals surface area contributed by atoms with Crippen LogP contribution in [-0.2, 0) is 15.5 Å². The molecular weight excluding hydrogens is 400 g/mol. The monoisotopic (exact) mass is 424 g/mol. The van der Waals surface area contributed by atoms with Crippen LogP contribution < -0.4 is 16.4 Å². The van der Waals surface area contributed by atoms with E-state index >= 15 is 0 Å². The molecule has 2 fully saturated rings. The topological polar surface area (TPSA) is 120 Å². The number of hydrogen-bond donors (Lipinski definition) is 2. The van der Waals surface area contributed by atoms with Crippen LogP contribution in [-0.4, -0.2) is 56.5 Å². The highest BCUT2D eigenvalue weighted by molar-refractivity contribution is 7.85. The maximum atomic E-state index is 10.3. The Morgan fingerprint density at radius 1 is 1.18 bits per heavy atom. The lowest BCUT2D eigenvalue weighted by molar-refractivity contribution is 0.0985. The number of aromatic nitrogens is 3. The lowest BCUT2D eigenvalue weighted by Gasteiger charge is -2.34. The van der Waals surface area contributed by atoms with Gasteiger partial charge in [0.15, 0.2) is 5.82 Å². The molecule has 0 radical (unpaired) electrons. The van der Waals surface area contributed by atoms with Gasteiger partial charge < -0.3 is 21.1 Å². The summed E-state index contributed by atoms with van der Waals surface area (Å²) in [5, 5.41) is 0.868. The van der Waals surface area contributed by atoms with Crippen molar-refractivity contribution >= 4 is 39.9 Å². The van der Waals surface area contributed by atoms with Crippen molar-refractivity contribution in [3.8, 4) is 11.4 Å². The first-order chi connectivity index (χ1) is 13.3. The number of pyridine rings is 1. The van der Waals surface area contributed by atoms with Gasteiger partial charge in [-0.3, -0.25) is 4.21 Å². The molecule has 28 heavy (non-hydrogen) atoms. The van der Waals surface area contributed by atoms with E-state index in [2.05, 4.69) is 26.8 Å². The van der Waals surface area contributed by atoms with Gasteiger partial charge in [-0.2, -0.15) is 0 Å². The molecule has 2 aromatic heterocycles. The molecule has 2 aliphatic rings. The normalized spacial score (nSPS) is 20.2. The molecule has 1 aliphatic heterocycles. The molecule has 1 aliphatic carbocycles. The van der Waals surface area contributed by atoms with Crippen molar-refractivity contribution in [3.63, 3.8) is 0 Å². The largest absolute Gasteiger partial charge is 0.384 e. The zero-order chi connectivity index (χ0) is 20.3. The molecule has 3 heterocycles. The maximum absolute atomic E-state index is 10.3. The Hall–Kier alpha value is -1.97. The first-order valence-corrected chi connectivity index (χ1v) is 11.1. The number of nitrogens with two attached hydrogens (primary N) is 2. The number of morpholine rings is 1. The minimum atomic E-state index is -0.506. The fraction of sp³-hybridized carbons (Fsp3) is 0.500. The van der Waals surface area contributed by atoms with Gasteiger partial charge in [0.1, 0.15) is 22.6 Å². The SMILES string of the molecule is CC1COCCN1c1cc(N)nc(-c2cc(N)nc(Cl)c2)n1.CS(=O)C1CC1. The van der Waals surface area contributed by atoms with Crippen LogP contribution in [0.1, 0.15) is 19.8 Å². The average molecular weight is 425 g/mol. The van der Waals surface area contributed by atoms with Gasteiger partial charge >= 0.3 is 0 Å². The maximum Gasteiger partial charge on any atom is 0.164 e. The van der Waals surface area contributed by atoms with Crippen LogP contribution >= 0.6 is 11.6 Å². The van der Waals surface area contributed by atoms with Crippen molar-refractivity contribution < 1.29 is 8.95 Å². The predicted molar refractivity (Wildman–Crippen MR) is 114 cm³/mol. The summed E-state index contributed by atoms with van der Waals surface area (Å²) in [7, 11) is -0.506. The van der Waals surface area contributed by atoms with Gasteiger partial charge in [-0.1, -0.05) is 11.6 Å². The molecule has 0 bridgehead atoms. The first kappa shape index (κ1) is 20.8. The van der Waals surface area contributed by atoms with E-state index in [0.29, 0.717) is 46.6 Å². The van der Waals surface area contributed by atoms with Crippen LogP contribution in [0.4, 0.5) is 17.5 Å². The molecule has 1 saturated heterocycles. The van der Waals surface area contributed by atoms with Gasteiger partial charge in [-0.15, -0.1) is 0 Å². The third-order valence-corrected chi connectivity index (χ3v) is 6.06. The summed E-state index contributed by atoms with van der Waals surface area (Å²) >= 11 is 5.95. The summed E-state index contributed by atoms with van der Waals surface area (Å²) in [6.07, 6.45) is 4.17. The number of rotatable bonds is 3. The van der Waals surface area contributed by atoms with Crippen LogP contribution in [0.25, 0.3) is 11.4 Å². The Labute approximate surface area is 172 Å². The molecule has 0 amide bonds. The molecule has 8 nitrogen and oxygen atoms in total. The van der Waals surface area contributed by atoms with Gasteiger partial charge in [0.2, 0.25) is 0 Å². The first-order valence-electron chi connectivity index (χ1n) is 9.08. The van der Waals surface area contributed by atoms with Gasteiger partial charge in [-0.25, -0.2) is 15.0 Å². The van der Waals surface area contributed by atoms with Gasteiger partial charge in [0.05, 0.1) is 19.3 Å². The van der Waals surface area contributed by atoms with Gasteiger partial charge in [-0.05, 0) is 31.9 Å². The summed E-state index contributed by atoms with van der Waals surface area (Å²) in [5.74, 6) is 1.95. The molecular formula is C18H25ClN6O2S. The number of anilines is 3. The van der Waals surface area contributed by atoms with Crippen LogP contribution in [0.5, 0.6) is 0 Å². The zero-order valence-corrected chi connectivity index (χ0v) is 17.5. The Morgan fingerprint density at radius 3 is 2.46 bits per heavy atom. The van der Waals surface area contributed by atoms with Crippen molar-refractivity contribution in [2.24, 2.45) is 0 Å². The highest BCUT2D eigenvalue weighted by Crippen LogP contribution is 2.26. The van der Waals surface area contributed by atoms with E-state index in [1.807, 2.05) is 0 Å². The second-order valence-corrected chi connectivity index (χ2v) is 8.94. The number of nitrogens with zero attached hydrogens (tertiary/aromatic N) is 4. The van der Waals surface area contributed by atoms with Crippen molar-refractivity contribution in [1.29, 1.82) is 0 Å². The fourth-order valence-electron chi connectivity index (χ4n) is 2.84. The van der Waals surface area contributed by atoms with Crippen molar-refractivity contribution in [2.45, 2.75) is 31.1 Å². The fourth-order valence-corrected chi connectivity index (χ4v) is 3.86. The minimum Gasteiger partial charge on any atom is -0.384 e. The predicted octanol–water partition coefficient (Wildman–Crippen LogP) is 2.11. The second-order valence-electron chi connectivity index (χ2n) is 6.89. The van der Waals surface area contributed by atoms with Crippen LogP contribution in [0.2, 0.25) is 5.15 Å². The van der Waals surface area contributed by atoms with E-state index in [4.69, 9.17) is 27.8 Å². The second kappa shape index (κ2) is 9.02. The standard InChI is InChI=1S/C14H17ClN6O.C4H8OS/c1-8-7-22-3-2-21(8)13-6-12(17)19-14(20-13)9-4-10(15)18-11(16)5-9;1-6(5)4-2-3-4/h4-6,8H,2-3,7H2,1H3,(H2,16,18)(H2,17,19,20);4H,2-3H2,1H3. The Bertz CT molecular complexity index is 844. The number of halogens is 1. The lowest BCUT2D eigenvalue weighted by Crippen LogP contribution is -2.44. The Morgan fingerprint density at radius 2 is 1.89 bits per heavy atom. The van der Waals surface area contributed by atoms with Crippen molar-refractivity contribution in [3.05, 3.63) is 23.4 Å². The quantitative estimate of drug-likeness (QED) is 0.718. The van der Waals surface area contributed by atoms with Gasteiger partial charge in [0.25, 0.3) is 0 Å². The summed E-state index contributed by atoms with van der Waals surface area (Å²) < 4.78 is 15.8. The summed E-state index contributed by atoms with van der Waals surface area (Å²) in [6.45, 7) is 4.17. The van der Waals surface area contributed by atoms with Gasteiger partial charge in [0, 0.05) is 40.5 Å². The molecule has 2 atom stereocenters.